The molecule has 1 aromatic rings. The zero-order valence-electron chi connectivity index (χ0n) is 10.7. The van der Waals surface area contributed by atoms with Crippen LogP contribution < -0.4 is 0 Å². The van der Waals surface area contributed by atoms with E-state index in [9.17, 15) is 4.79 Å². The first-order chi connectivity index (χ1) is 8.15. The summed E-state index contributed by atoms with van der Waals surface area (Å²) in [5.41, 5.74) is 1.75. The lowest BCUT2D eigenvalue weighted by atomic mass is 10.0. The topological polar surface area (TPSA) is 35.5 Å². The summed E-state index contributed by atoms with van der Waals surface area (Å²) in [6.07, 6.45) is 0. The van der Waals surface area contributed by atoms with Gasteiger partial charge in [0.05, 0.1) is 12.2 Å². The molecule has 0 unspecified atom stereocenters. The fourth-order valence-electron chi connectivity index (χ4n) is 1.45. The second-order valence-corrected chi connectivity index (χ2v) is 4.11. The fourth-order valence-corrected chi connectivity index (χ4v) is 1.45. The van der Waals surface area contributed by atoms with Crippen molar-refractivity contribution >= 4 is 5.97 Å². The predicted octanol–water partition coefficient (Wildman–Crippen LogP) is 3.00. The van der Waals surface area contributed by atoms with Crippen molar-refractivity contribution in [1.29, 1.82) is 0 Å². The molecular formula is C14H20O3. The molecule has 0 amide bonds. The third-order valence-corrected chi connectivity index (χ3v) is 2.45. The van der Waals surface area contributed by atoms with E-state index < -0.39 is 0 Å². The van der Waals surface area contributed by atoms with Crippen LogP contribution in [0.3, 0.4) is 0 Å². The molecule has 0 aliphatic carbocycles. The summed E-state index contributed by atoms with van der Waals surface area (Å²) in [5, 5.41) is 0. The van der Waals surface area contributed by atoms with Crippen LogP contribution in [0.4, 0.5) is 0 Å². The number of ether oxygens (including phenoxy) is 2. The molecule has 0 N–H and O–H groups in total. The van der Waals surface area contributed by atoms with E-state index in [0.29, 0.717) is 31.3 Å². The molecule has 17 heavy (non-hydrogen) atoms. The zero-order chi connectivity index (χ0) is 12.7. The number of hydrogen-bond acceptors (Lipinski definition) is 3. The Morgan fingerprint density at radius 2 is 2.06 bits per heavy atom. The van der Waals surface area contributed by atoms with Gasteiger partial charge < -0.3 is 9.47 Å². The maximum atomic E-state index is 11.7. The highest BCUT2D eigenvalue weighted by Gasteiger charge is 2.08. The number of carbonyl (C=O) groups is 1. The van der Waals surface area contributed by atoms with Crippen LogP contribution in [0.1, 0.15) is 42.6 Å². The molecule has 1 aromatic carbocycles. The van der Waals surface area contributed by atoms with Gasteiger partial charge in [-0.15, -0.1) is 0 Å². The maximum absolute atomic E-state index is 11.7. The van der Waals surface area contributed by atoms with Crippen molar-refractivity contribution in [3.63, 3.8) is 0 Å². The number of hydrogen-bond donors (Lipinski definition) is 0. The fraction of sp³-hybridized carbons (Fsp3) is 0.500. The SMILES string of the molecule is CCOCCOC(=O)c1cccc(C(C)C)c1. The molecule has 0 radical (unpaired) electrons. The minimum absolute atomic E-state index is 0.285. The largest absolute Gasteiger partial charge is 0.460 e. The van der Waals surface area contributed by atoms with Crippen molar-refractivity contribution in [1.82, 2.24) is 0 Å². The molecule has 0 aromatic heterocycles. The first-order valence-corrected chi connectivity index (χ1v) is 6.00. The molecule has 0 atom stereocenters. The number of esters is 1. The summed E-state index contributed by atoms with van der Waals surface area (Å²) in [6.45, 7) is 7.50. The Kier molecular flexibility index (Phi) is 5.70. The zero-order valence-corrected chi connectivity index (χ0v) is 10.7. The van der Waals surface area contributed by atoms with Crippen molar-refractivity contribution in [3.05, 3.63) is 35.4 Å². The highest BCUT2D eigenvalue weighted by atomic mass is 16.6. The Labute approximate surface area is 103 Å². The van der Waals surface area contributed by atoms with Gasteiger partial charge in [0.1, 0.15) is 6.61 Å². The third kappa shape index (κ3) is 4.57. The van der Waals surface area contributed by atoms with E-state index >= 15 is 0 Å². The van der Waals surface area contributed by atoms with E-state index in [1.54, 1.807) is 6.07 Å². The van der Waals surface area contributed by atoms with E-state index in [2.05, 4.69) is 13.8 Å². The van der Waals surface area contributed by atoms with Crippen LogP contribution in [0.2, 0.25) is 0 Å². The normalized spacial score (nSPS) is 10.6. The van der Waals surface area contributed by atoms with E-state index in [4.69, 9.17) is 9.47 Å². The monoisotopic (exact) mass is 236 g/mol. The Morgan fingerprint density at radius 1 is 1.29 bits per heavy atom. The van der Waals surface area contributed by atoms with Crippen molar-refractivity contribution in [3.8, 4) is 0 Å². The van der Waals surface area contributed by atoms with Gasteiger partial charge >= 0.3 is 5.97 Å². The van der Waals surface area contributed by atoms with Crippen molar-refractivity contribution in [2.45, 2.75) is 26.7 Å². The summed E-state index contributed by atoms with van der Waals surface area (Å²) in [6, 6.07) is 7.55. The van der Waals surface area contributed by atoms with E-state index in [0.717, 1.165) is 5.56 Å². The summed E-state index contributed by atoms with van der Waals surface area (Å²) in [7, 11) is 0. The molecule has 0 bridgehead atoms. The number of benzene rings is 1. The lowest BCUT2D eigenvalue weighted by Gasteiger charge is -2.08. The van der Waals surface area contributed by atoms with Crippen molar-refractivity contribution in [2.75, 3.05) is 19.8 Å². The molecule has 0 aliphatic rings. The Morgan fingerprint density at radius 3 is 2.71 bits per heavy atom. The molecule has 3 heteroatoms. The molecular weight excluding hydrogens is 216 g/mol. The predicted molar refractivity (Wildman–Crippen MR) is 67.3 cm³/mol. The van der Waals surface area contributed by atoms with Gasteiger partial charge in [-0.3, -0.25) is 0 Å². The summed E-state index contributed by atoms with van der Waals surface area (Å²) < 4.78 is 10.2. The molecule has 3 nitrogen and oxygen atoms in total. The summed E-state index contributed by atoms with van der Waals surface area (Å²) in [4.78, 5) is 11.7. The van der Waals surface area contributed by atoms with Gasteiger partial charge in [0.25, 0.3) is 0 Å². The van der Waals surface area contributed by atoms with Gasteiger partial charge in [0.2, 0.25) is 0 Å². The highest BCUT2D eigenvalue weighted by Crippen LogP contribution is 2.16. The van der Waals surface area contributed by atoms with Crippen LogP contribution in [0.15, 0.2) is 24.3 Å². The van der Waals surface area contributed by atoms with Gasteiger partial charge in [-0.2, -0.15) is 0 Å². The van der Waals surface area contributed by atoms with Crippen LogP contribution in [0.25, 0.3) is 0 Å². The van der Waals surface area contributed by atoms with E-state index in [-0.39, 0.29) is 5.97 Å². The van der Waals surface area contributed by atoms with Gasteiger partial charge in [0.15, 0.2) is 0 Å². The molecule has 0 aliphatic heterocycles. The molecule has 0 saturated carbocycles. The van der Waals surface area contributed by atoms with Crippen LogP contribution in [0.5, 0.6) is 0 Å². The Balaban J connectivity index is 2.53. The molecule has 0 heterocycles. The summed E-state index contributed by atoms with van der Waals surface area (Å²) in [5.74, 6) is 0.123. The molecule has 0 spiro atoms. The maximum Gasteiger partial charge on any atom is 0.338 e. The second-order valence-electron chi connectivity index (χ2n) is 4.11. The van der Waals surface area contributed by atoms with Gasteiger partial charge in [-0.1, -0.05) is 26.0 Å². The molecule has 0 fully saturated rings. The highest BCUT2D eigenvalue weighted by molar-refractivity contribution is 5.89. The van der Waals surface area contributed by atoms with Gasteiger partial charge in [0, 0.05) is 6.61 Å². The van der Waals surface area contributed by atoms with E-state index in [1.807, 2.05) is 25.1 Å². The minimum atomic E-state index is -0.285. The van der Waals surface area contributed by atoms with Crippen LogP contribution in [0, 0.1) is 0 Å². The number of rotatable bonds is 6. The van der Waals surface area contributed by atoms with Crippen LogP contribution >= 0.6 is 0 Å². The molecule has 1 rings (SSSR count). The Hall–Kier alpha value is -1.35. The van der Waals surface area contributed by atoms with Gasteiger partial charge in [-0.25, -0.2) is 4.79 Å². The standard InChI is InChI=1S/C14H20O3/c1-4-16-8-9-17-14(15)13-7-5-6-12(10-13)11(2)3/h5-7,10-11H,4,8-9H2,1-3H3. The lowest BCUT2D eigenvalue weighted by molar-refractivity contribution is 0.0335. The average molecular weight is 236 g/mol. The smallest absolute Gasteiger partial charge is 0.338 e. The first-order valence-electron chi connectivity index (χ1n) is 6.00. The average Bonchev–Trinajstić information content (AvgIpc) is 2.34. The van der Waals surface area contributed by atoms with Crippen molar-refractivity contribution in [2.24, 2.45) is 0 Å². The first kappa shape index (κ1) is 13.7. The third-order valence-electron chi connectivity index (χ3n) is 2.45. The Bertz CT molecular complexity index is 358. The minimum Gasteiger partial charge on any atom is -0.460 e. The van der Waals surface area contributed by atoms with Gasteiger partial charge in [-0.05, 0) is 30.5 Å². The van der Waals surface area contributed by atoms with E-state index in [1.165, 1.54) is 0 Å². The van der Waals surface area contributed by atoms with Crippen LogP contribution in [-0.4, -0.2) is 25.8 Å². The molecule has 0 saturated heterocycles. The van der Waals surface area contributed by atoms with Crippen molar-refractivity contribution < 1.29 is 14.3 Å². The quantitative estimate of drug-likeness (QED) is 0.562. The van der Waals surface area contributed by atoms with Crippen LogP contribution in [-0.2, 0) is 9.47 Å². The lowest BCUT2D eigenvalue weighted by Crippen LogP contribution is -2.11. The molecule has 94 valence electrons. The second kappa shape index (κ2) is 7.07. The number of carbonyl (C=O) groups excluding carboxylic acids is 1. The summed E-state index contributed by atoms with van der Waals surface area (Å²) >= 11 is 0.